The van der Waals surface area contributed by atoms with Gasteiger partial charge in [0, 0.05) is 5.54 Å². The van der Waals surface area contributed by atoms with E-state index in [1.807, 2.05) is 6.92 Å². The molecule has 1 fully saturated rings. The molecule has 2 rings (SSSR count). The van der Waals surface area contributed by atoms with E-state index in [0.717, 1.165) is 36.1 Å². The zero-order chi connectivity index (χ0) is 17.9. The predicted molar refractivity (Wildman–Crippen MR) is 98.9 cm³/mol. The fourth-order valence-corrected chi connectivity index (χ4v) is 3.74. The number of aliphatic hydroxyl groups is 1. The van der Waals surface area contributed by atoms with Gasteiger partial charge >= 0.3 is 0 Å². The molecule has 1 aliphatic rings. The van der Waals surface area contributed by atoms with Gasteiger partial charge in [-0.05, 0) is 75.8 Å². The lowest BCUT2D eigenvalue weighted by Crippen LogP contribution is -2.39. The van der Waals surface area contributed by atoms with Gasteiger partial charge in [-0.3, -0.25) is 0 Å². The van der Waals surface area contributed by atoms with Crippen LogP contribution in [0.3, 0.4) is 0 Å². The molecule has 4 heteroatoms. The zero-order valence-corrected chi connectivity index (χ0v) is 15.5. The number of aryl methyl sites for hydroxylation is 1. The van der Waals surface area contributed by atoms with E-state index in [0.29, 0.717) is 18.4 Å². The van der Waals surface area contributed by atoms with Crippen molar-refractivity contribution in [3.8, 4) is 0 Å². The van der Waals surface area contributed by atoms with E-state index < -0.39 is 11.9 Å². The summed E-state index contributed by atoms with van der Waals surface area (Å²) >= 11 is 5.83. The molecule has 1 unspecified atom stereocenters. The maximum atomic E-state index is 14.0. The minimum atomic E-state index is -0.667. The van der Waals surface area contributed by atoms with Gasteiger partial charge in [0.2, 0.25) is 0 Å². The lowest BCUT2D eigenvalue weighted by molar-refractivity contribution is 0.199. The highest BCUT2D eigenvalue weighted by Crippen LogP contribution is 2.33. The summed E-state index contributed by atoms with van der Waals surface area (Å²) in [6, 6.07) is 4.98. The number of rotatable bonds is 6. The van der Waals surface area contributed by atoms with Crippen LogP contribution in [0, 0.1) is 5.82 Å². The largest absolute Gasteiger partial charge is 0.388 e. The third-order valence-electron chi connectivity index (χ3n) is 5.11. The number of hydrogen-bond acceptors (Lipinski definition) is 2. The third kappa shape index (κ3) is 4.08. The lowest BCUT2D eigenvalue weighted by atomic mass is 9.82. The maximum Gasteiger partial charge on any atom is 0.144 e. The van der Waals surface area contributed by atoms with Crippen molar-refractivity contribution >= 4 is 11.6 Å². The summed E-state index contributed by atoms with van der Waals surface area (Å²) in [6.07, 6.45) is 2.38. The fourth-order valence-electron chi connectivity index (χ4n) is 3.54. The van der Waals surface area contributed by atoms with E-state index in [1.54, 1.807) is 12.1 Å². The van der Waals surface area contributed by atoms with Crippen LogP contribution in [-0.4, -0.2) is 23.3 Å². The molecule has 0 amide bonds. The minimum Gasteiger partial charge on any atom is -0.388 e. The molecule has 0 aliphatic carbocycles. The Hall–Kier alpha value is -1.16. The van der Waals surface area contributed by atoms with Gasteiger partial charge in [-0.15, -0.1) is 0 Å². The monoisotopic (exact) mass is 351 g/mol. The third-order valence-corrected chi connectivity index (χ3v) is 5.40. The number of halogens is 2. The fraction of sp³-hybridized carbons (Fsp3) is 0.500. The minimum absolute atomic E-state index is 0.101. The molecule has 1 saturated heterocycles. The quantitative estimate of drug-likeness (QED) is 0.721. The second-order valence-electron chi connectivity index (χ2n) is 6.95. The number of aliphatic hydroxyl groups excluding tert-OH is 1. The van der Waals surface area contributed by atoms with E-state index in [4.69, 9.17) is 11.6 Å². The summed E-state index contributed by atoms with van der Waals surface area (Å²) in [7, 11) is 0. The lowest BCUT2D eigenvalue weighted by Gasteiger charge is -2.31. The zero-order valence-electron chi connectivity index (χ0n) is 14.8. The van der Waals surface area contributed by atoms with Gasteiger partial charge in [-0.2, -0.15) is 0 Å². The Kier molecular flexibility index (Phi) is 6.24. The molecule has 132 valence electrons. The molecule has 0 bridgehead atoms. The molecular weight excluding hydrogens is 325 g/mol. The van der Waals surface area contributed by atoms with E-state index in [1.165, 1.54) is 6.07 Å². The Morgan fingerprint density at radius 2 is 2.17 bits per heavy atom. The van der Waals surface area contributed by atoms with Crippen molar-refractivity contribution in [1.29, 1.82) is 0 Å². The number of nitrogens with one attached hydrogen (secondary N) is 1. The summed E-state index contributed by atoms with van der Waals surface area (Å²) in [6.45, 7) is 11.2. The van der Waals surface area contributed by atoms with E-state index in [9.17, 15) is 9.50 Å². The molecule has 0 aromatic heterocycles. The standard InChI is InChI=1S/C20H27ClFNO/c1-13(2)18(14(3)20(4)11-6-12-23-20)17(24)10-9-15-7-5-8-16(21)19(15)22/h5,7-8,17,23-24H,1,6,9-12H2,2-4H3/b18-14-/t17-,20?/m0/s1. The van der Waals surface area contributed by atoms with Crippen LogP contribution in [0.2, 0.25) is 5.02 Å². The highest BCUT2D eigenvalue weighted by atomic mass is 35.5. The van der Waals surface area contributed by atoms with Crippen LogP contribution in [0.4, 0.5) is 4.39 Å². The van der Waals surface area contributed by atoms with Crippen molar-refractivity contribution in [3.05, 3.63) is 57.9 Å². The molecule has 1 aliphatic heterocycles. The molecular formula is C20H27ClFNO. The topological polar surface area (TPSA) is 32.3 Å². The van der Waals surface area contributed by atoms with Gasteiger partial charge < -0.3 is 10.4 Å². The molecule has 2 atom stereocenters. The van der Waals surface area contributed by atoms with Crippen LogP contribution in [0.25, 0.3) is 0 Å². The van der Waals surface area contributed by atoms with Crippen molar-refractivity contribution in [2.45, 2.75) is 58.1 Å². The molecule has 1 aromatic rings. The van der Waals surface area contributed by atoms with Crippen LogP contribution in [-0.2, 0) is 6.42 Å². The van der Waals surface area contributed by atoms with Gasteiger partial charge in [-0.25, -0.2) is 4.39 Å². The van der Waals surface area contributed by atoms with Crippen LogP contribution >= 0.6 is 11.6 Å². The molecule has 2 nitrogen and oxygen atoms in total. The van der Waals surface area contributed by atoms with Crippen LogP contribution in [0.1, 0.15) is 45.6 Å². The van der Waals surface area contributed by atoms with Gasteiger partial charge in [0.1, 0.15) is 5.82 Å². The molecule has 0 spiro atoms. The number of benzene rings is 1. The Morgan fingerprint density at radius 1 is 1.46 bits per heavy atom. The van der Waals surface area contributed by atoms with E-state index in [-0.39, 0.29) is 10.6 Å². The van der Waals surface area contributed by atoms with E-state index >= 15 is 0 Å². The average molecular weight is 352 g/mol. The maximum absolute atomic E-state index is 14.0. The normalized spacial score (nSPS) is 23.1. The first kappa shape index (κ1) is 19.2. The van der Waals surface area contributed by atoms with Gasteiger partial charge in [0.05, 0.1) is 11.1 Å². The summed E-state index contributed by atoms with van der Waals surface area (Å²) in [5.74, 6) is -0.395. The number of hydrogen-bond donors (Lipinski definition) is 2. The Bertz CT molecular complexity index is 647. The van der Waals surface area contributed by atoms with Crippen molar-refractivity contribution in [2.75, 3.05) is 6.54 Å². The molecule has 0 saturated carbocycles. The molecule has 2 N–H and O–H groups in total. The molecule has 24 heavy (non-hydrogen) atoms. The Labute approximate surface area is 149 Å². The van der Waals surface area contributed by atoms with Gasteiger partial charge in [0.25, 0.3) is 0 Å². The second-order valence-corrected chi connectivity index (χ2v) is 7.36. The SMILES string of the molecule is C=C(C)/C(=C(\C)C1(C)CCCN1)[C@@H](O)CCc1cccc(Cl)c1F. The van der Waals surface area contributed by atoms with Crippen LogP contribution in [0.5, 0.6) is 0 Å². The molecule has 1 aromatic carbocycles. The van der Waals surface area contributed by atoms with Crippen LogP contribution in [0.15, 0.2) is 41.5 Å². The Balaban J connectivity index is 2.19. The smallest absolute Gasteiger partial charge is 0.144 e. The first-order valence-corrected chi connectivity index (χ1v) is 8.87. The summed E-state index contributed by atoms with van der Waals surface area (Å²) in [4.78, 5) is 0. The summed E-state index contributed by atoms with van der Waals surface area (Å²) in [5.41, 5.74) is 3.31. The van der Waals surface area contributed by atoms with Crippen molar-refractivity contribution in [2.24, 2.45) is 0 Å². The average Bonchev–Trinajstić information content (AvgIpc) is 2.96. The second kappa shape index (κ2) is 7.81. The van der Waals surface area contributed by atoms with E-state index in [2.05, 4.69) is 25.7 Å². The molecule has 0 radical (unpaired) electrons. The van der Waals surface area contributed by atoms with Gasteiger partial charge in [0.15, 0.2) is 0 Å². The van der Waals surface area contributed by atoms with Gasteiger partial charge in [-0.1, -0.05) is 35.9 Å². The predicted octanol–water partition coefficient (Wildman–Crippen LogP) is 4.81. The molecule has 1 heterocycles. The highest BCUT2D eigenvalue weighted by Gasteiger charge is 2.33. The summed E-state index contributed by atoms with van der Waals surface area (Å²) in [5, 5.41) is 14.4. The van der Waals surface area contributed by atoms with Crippen molar-refractivity contribution < 1.29 is 9.50 Å². The van der Waals surface area contributed by atoms with Crippen LogP contribution < -0.4 is 5.32 Å². The van der Waals surface area contributed by atoms with Crippen molar-refractivity contribution in [3.63, 3.8) is 0 Å². The summed E-state index contributed by atoms with van der Waals surface area (Å²) < 4.78 is 14.0. The first-order chi connectivity index (χ1) is 11.3. The van der Waals surface area contributed by atoms with Crippen molar-refractivity contribution in [1.82, 2.24) is 5.32 Å². The first-order valence-electron chi connectivity index (χ1n) is 8.49. The Morgan fingerprint density at radius 3 is 2.75 bits per heavy atom. The highest BCUT2D eigenvalue weighted by molar-refractivity contribution is 6.30.